The van der Waals surface area contributed by atoms with Gasteiger partial charge in [0.2, 0.25) is 11.8 Å². The Labute approximate surface area is 350 Å². The predicted molar refractivity (Wildman–Crippen MR) is 225 cm³/mol. The van der Waals surface area contributed by atoms with Crippen LogP contribution in [-0.4, -0.2) is 48.0 Å². The Hall–Kier alpha value is -6.72. The van der Waals surface area contributed by atoms with Crippen LogP contribution >= 0.6 is 11.6 Å². The number of anilines is 2. The second-order valence-electron chi connectivity index (χ2n) is 15.5. The number of rotatable bonds is 9. The lowest BCUT2D eigenvalue weighted by Crippen LogP contribution is -2.53. The van der Waals surface area contributed by atoms with E-state index in [-0.39, 0.29) is 30.4 Å². The fourth-order valence-electron chi connectivity index (χ4n) is 9.84. The van der Waals surface area contributed by atoms with Crippen molar-refractivity contribution in [3.8, 4) is 17.2 Å². The number of carbonyl (C=O) groups excluding carboxylic acids is 4. The van der Waals surface area contributed by atoms with Gasteiger partial charge in [0, 0.05) is 16.5 Å². The summed E-state index contributed by atoms with van der Waals surface area (Å²) in [5.74, 6) is -4.70. The van der Waals surface area contributed by atoms with Gasteiger partial charge >= 0.3 is 0 Å². The average Bonchev–Trinajstić information content (AvgIpc) is 3.64. The van der Waals surface area contributed by atoms with Crippen LogP contribution in [0.3, 0.4) is 0 Å². The Morgan fingerprint density at radius 2 is 1.52 bits per heavy atom. The van der Waals surface area contributed by atoms with Crippen LogP contribution in [0.25, 0.3) is 12.2 Å². The van der Waals surface area contributed by atoms with Crippen molar-refractivity contribution >= 4 is 58.8 Å². The number of methoxy groups -OCH3 is 2. The molecule has 0 spiro atoms. The molecule has 2 aliphatic heterocycles. The van der Waals surface area contributed by atoms with Crippen molar-refractivity contribution in [1.82, 2.24) is 5.01 Å². The lowest BCUT2D eigenvalue weighted by Gasteiger charge is -2.50. The number of amides is 4. The monoisotopic (exact) mass is 823 g/mol. The largest absolute Gasteiger partial charge is 0.508 e. The molecule has 60 heavy (non-hydrogen) atoms. The number of halogens is 2. The molecule has 6 atom stereocenters. The highest BCUT2D eigenvalue weighted by atomic mass is 35.5. The number of hydrazine groups is 1. The van der Waals surface area contributed by atoms with Crippen LogP contribution in [0.2, 0.25) is 5.02 Å². The maximum absolute atomic E-state index is 15.3. The average molecular weight is 824 g/mol. The zero-order chi connectivity index (χ0) is 41.9. The van der Waals surface area contributed by atoms with Gasteiger partial charge in [-0.15, -0.1) is 0 Å². The standard InChI is InChI=1S/C48H39ClFN3O7/c1-59-36-21-24-41(60-2)29(25-36)6-3-27-4-17-34(18-5-27)52-44(55)38-23-22-37-39(42(38)46(52)57)26-40-45(56)53(51-33-15-13-32(50)14-16-33)47(58)48(40,30-9-11-31(49)12-10-30)43(37)28-7-19-35(54)20-8-28/h3-22,24-25,38-40,42-43,51,54H,23,26H2,1-2H3. The molecule has 1 saturated carbocycles. The zero-order valence-corrected chi connectivity index (χ0v) is 33.3. The molecule has 2 saturated heterocycles. The maximum Gasteiger partial charge on any atom is 0.260 e. The normalized spacial score (nSPS) is 24.6. The molecule has 12 heteroatoms. The van der Waals surface area contributed by atoms with E-state index in [1.807, 2.05) is 48.6 Å². The Bertz CT molecular complexity index is 2600. The molecule has 6 unspecified atom stereocenters. The molecular weight excluding hydrogens is 785 g/mol. The lowest BCUT2D eigenvalue weighted by atomic mass is 9.49. The van der Waals surface area contributed by atoms with Gasteiger partial charge < -0.3 is 14.6 Å². The highest BCUT2D eigenvalue weighted by Crippen LogP contribution is 2.64. The quantitative estimate of drug-likeness (QED) is 0.0861. The first-order valence-corrected chi connectivity index (χ1v) is 19.9. The first kappa shape index (κ1) is 38.8. The molecule has 9 rings (SSSR count). The summed E-state index contributed by atoms with van der Waals surface area (Å²) < 4.78 is 24.8. The molecule has 4 aliphatic rings. The fourth-order valence-corrected chi connectivity index (χ4v) is 9.97. The molecule has 0 bridgehead atoms. The van der Waals surface area contributed by atoms with Crippen LogP contribution < -0.4 is 19.8 Å². The van der Waals surface area contributed by atoms with E-state index in [0.29, 0.717) is 39.0 Å². The smallest absolute Gasteiger partial charge is 0.260 e. The minimum Gasteiger partial charge on any atom is -0.508 e. The SMILES string of the molecule is COc1ccc(OC)c(C=Cc2ccc(N3C(=O)C4CC=C5C(CC6C(=O)N(Nc7ccc(F)cc7)C(=O)C6(c6ccc(Cl)cc6)C5c5ccc(O)cc5)C4C3=O)cc2)c1. The molecule has 2 heterocycles. The number of nitrogens with zero attached hydrogens (tertiary/aromatic N) is 2. The van der Waals surface area contributed by atoms with Gasteiger partial charge in [-0.05, 0) is 114 Å². The van der Waals surface area contributed by atoms with Crippen LogP contribution in [0.15, 0.2) is 127 Å². The third-order valence-electron chi connectivity index (χ3n) is 12.5. The van der Waals surface area contributed by atoms with Crippen molar-refractivity contribution in [2.45, 2.75) is 24.2 Å². The molecule has 3 fully saturated rings. The molecule has 302 valence electrons. The van der Waals surface area contributed by atoms with Gasteiger partial charge in [-0.2, -0.15) is 5.01 Å². The summed E-state index contributed by atoms with van der Waals surface area (Å²) in [4.78, 5) is 60.4. The summed E-state index contributed by atoms with van der Waals surface area (Å²) in [6, 6.07) is 31.4. The van der Waals surface area contributed by atoms with Crippen LogP contribution in [0, 0.1) is 29.5 Å². The Kier molecular flexibility index (Phi) is 9.79. The predicted octanol–water partition coefficient (Wildman–Crippen LogP) is 8.56. The molecular formula is C48H39ClFN3O7. The van der Waals surface area contributed by atoms with Crippen molar-refractivity contribution in [1.29, 1.82) is 0 Å². The highest BCUT2D eigenvalue weighted by molar-refractivity contribution is 6.30. The number of hydrogen-bond acceptors (Lipinski definition) is 8. The Morgan fingerprint density at radius 3 is 2.20 bits per heavy atom. The Morgan fingerprint density at radius 1 is 0.800 bits per heavy atom. The molecule has 2 N–H and O–H groups in total. The van der Waals surface area contributed by atoms with Crippen LogP contribution in [0.5, 0.6) is 17.2 Å². The van der Waals surface area contributed by atoms with Gasteiger partial charge in [0.25, 0.3) is 11.8 Å². The minimum atomic E-state index is -1.52. The van der Waals surface area contributed by atoms with E-state index in [1.54, 1.807) is 62.8 Å². The number of carbonyl (C=O) groups is 4. The molecule has 5 aromatic rings. The number of allylic oxidation sites excluding steroid dienone is 2. The molecule has 0 aromatic heterocycles. The summed E-state index contributed by atoms with van der Waals surface area (Å²) in [6.45, 7) is 0. The lowest BCUT2D eigenvalue weighted by molar-refractivity contribution is -0.138. The van der Waals surface area contributed by atoms with Gasteiger partial charge in [-0.25, -0.2) is 4.39 Å². The summed E-state index contributed by atoms with van der Waals surface area (Å²) in [7, 11) is 3.19. The summed E-state index contributed by atoms with van der Waals surface area (Å²) in [6.07, 6.45) is 6.11. The first-order valence-electron chi connectivity index (χ1n) is 19.6. The first-order chi connectivity index (χ1) is 29.0. The second-order valence-corrected chi connectivity index (χ2v) is 15.9. The van der Waals surface area contributed by atoms with Gasteiger partial charge in [-0.3, -0.25) is 29.5 Å². The van der Waals surface area contributed by atoms with E-state index in [9.17, 15) is 23.9 Å². The second kappa shape index (κ2) is 15.1. The number of phenols is 1. The van der Waals surface area contributed by atoms with Gasteiger partial charge in [0.15, 0.2) is 0 Å². The van der Waals surface area contributed by atoms with Gasteiger partial charge in [-0.1, -0.05) is 71.8 Å². The van der Waals surface area contributed by atoms with Crippen molar-refractivity contribution in [3.05, 3.63) is 160 Å². The molecule has 5 aromatic carbocycles. The van der Waals surface area contributed by atoms with Gasteiger partial charge in [0.05, 0.1) is 48.8 Å². The van der Waals surface area contributed by atoms with E-state index in [2.05, 4.69) is 5.43 Å². The number of fused-ring (bicyclic) bond motifs is 4. The van der Waals surface area contributed by atoms with Crippen molar-refractivity contribution in [2.75, 3.05) is 24.5 Å². The molecule has 0 radical (unpaired) electrons. The highest BCUT2D eigenvalue weighted by Gasteiger charge is 2.70. The van der Waals surface area contributed by atoms with E-state index < -0.39 is 52.6 Å². The number of imide groups is 2. The number of benzene rings is 5. The summed E-state index contributed by atoms with van der Waals surface area (Å²) in [5.41, 5.74) is 5.80. The van der Waals surface area contributed by atoms with Crippen molar-refractivity contribution in [2.24, 2.45) is 23.7 Å². The van der Waals surface area contributed by atoms with E-state index in [1.165, 1.54) is 41.3 Å². The Balaban J connectivity index is 1.10. The number of aromatic hydroxyl groups is 1. The maximum atomic E-state index is 15.3. The zero-order valence-electron chi connectivity index (χ0n) is 32.5. The van der Waals surface area contributed by atoms with Crippen LogP contribution in [0.4, 0.5) is 15.8 Å². The third-order valence-corrected chi connectivity index (χ3v) is 12.8. The van der Waals surface area contributed by atoms with Crippen molar-refractivity contribution < 1.29 is 38.1 Å². The number of phenolic OH excluding ortho intramolecular Hbond substituents is 1. The molecule has 2 aliphatic carbocycles. The topological polar surface area (TPSA) is 125 Å². The van der Waals surface area contributed by atoms with E-state index in [4.69, 9.17) is 21.1 Å². The number of nitrogens with one attached hydrogen (secondary N) is 1. The van der Waals surface area contributed by atoms with Crippen LogP contribution in [-0.2, 0) is 24.6 Å². The molecule has 10 nitrogen and oxygen atoms in total. The minimum absolute atomic E-state index is 0.0167. The molecule has 4 amide bonds. The van der Waals surface area contributed by atoms with E-state index >= 15 is 4.79 Å². The van der Waals surface area contributed by atoms with E-state index in [0.717, 1.165) is 21.7 Å². The summed E-state index contributed by atoms with van der Waals surface area (Å²) in [5, 5.41) is 11.8. The fraction of sp³-hybridized carbons (Fsp3) is 0.208. The number of hydrogen-bond donors (Lipinski definition) is 2. The summed E-state index contributed by atoms with van der Waals surface area (Å²) >= 11 is 6.38. The van der Waals surface area contributed by atoms with Gasteiger partial charge in [0.1, 0.15) is 23.1 Å². The third kappa shape index (κ3) is 6.23. The van der Waals surface area contributed by atoms with Crippen molar-refractivity contribution in [3.63, 3.8) is 0 Å². The van der Waals surface area contributed by atoms with Crippen LogP contribution in [0.1, 0.15) is 41.0 Å². The number of ether oxygens (including phenoxy) is 2.